The summed E-state index contributed by atoms with van der Waals surface area (Å²) in [4.78, 5) is 17.8. The first-order chi connectivity index (χ1) is 9.96. The number of aryl methyl sites for hydroxylation is 2. The summed E-state index contributed by atoms with van der Waals surface area (Å²) in [5.41, 5.74) is 7.38. The summed E-state index contributed by atoms with van der Waals surface area (Å²) in [5, 5.41) is 3.63. The van der Waals surface area contributed by atoms with E-state index in [-0.39, 0.29) is 18.3 Å². The quantitative estimate of drug-likeness (QED) is 0.808. The highest BCUT2D eigenvalue weighted by atomic mass is 35.5. The van der Waals surface area contributed by atoms with Crippen molar-refractivity contribution in [2.24, 2.45) is 0 Å². The monoisotopic (exact) mass is 361 g/mol. The number of nitrogens with zero attached hydrogens (tertiary/aromatic N) is 1. The Morgan fingerprint density at radius 1 is 1.50 bits per heavy atom. The van der Waals surface area contributed by atoms with Crippen LogP contribution in [0.25, 0.3) is 0 Å². The van der Waals surface area contributed by atoms with E-state index in [4.69, 9.17) is 22.1 Å². The summed E-state index contributed by atoms with van der Waals surface area (Å²) < 4.78 is 5.17. The molecule has 0 spiro atoms. The number of ether oxygens (including phenoxy) is 1. The zero-order chi connectivity index (χ0) is 15.6. The Morgan fingerprint density at radius 3 is 2.73 bits per heavy atom. The number of nitrogens with two attached hydrogens (primary N) is 1. The third-order valence-corrected chi connectivity index (χ3v) is 4.27. The van der Waals surface area contributed by atoms with E-state index >= 15 is 0 Å². The predicted molar refractivity (Wildman–Crippen MR) is 93.8 cm³/mol. The Kier molecular flexibility index (Phi) is 6.47. The van der Waals surface area contributed by atoms with Gasteiger partial charge in [0.2, 0.25) is 0 Å². The van der Waals surface area contributed by atoms with Crippen LogP contribution in [-0.4, -0.2) is 18.0 Å². The summed E-state index contributed by atoms with van der Waals surface area (Å²) in [6.07, 6.45) is 0.829. The molecule has 0 aliphatic carbocycles. The Balaban J connectivity index is 0.00000242. The van der Waals surface area contributed by atoms with Crippen LogP contribution in [0.2, 0.25) is 5.02 Å². The maximum atomic E-state index is 12.3. The van der Waals surface area contributed by atoms with Gasteiger partial charge in [0.25, 0.3) is 5.91 Å². The van der Waals surface area contributed by atoms with Gasteiger partial charge in [0, 0.05) is 10.9 Å². The minimum Gasteiger partial charge on any atom is -0.496 e. The van der Waals surface area contributed by atoms with Gasteiger partial charge in [-0.2, -0.15) is 0 Å². The highest BCUT2D eigenvalue weighted by Gasteiger charge is 2.17. The maximum absolute atomic E-state index is 12.3. The zero-order valence-electron chi connectivity index (χ0n) is 12.4. The van der Waals surface area contributed by atoms with Gasteiger partial charge in [0.15, 0.2) is 5.13 Å². The van der Waals surface area contributed by atoms with Crippen molar-refractivity contribution in [1.82, 2.24) is 4.98 Å². The molecule has 0 aliphatic heterocycles. The van der Waals surface area contributed by atoms with Crippen molar-refractivity contribution in [1.29, 1.82) is 0 Å². The number of methoxy groups -OCH3 is 1. The van der Waals surface area contributed by atoms with Crippen LogP contribution in [0.4, 0.5) is 10.8 Å². The average Bonchev–Trinajstić information content (AvgIpc) is 2.81. The molecule has 0 saturated carbocycles. The number of hydrogen-bond acceptors (Lipinski definition) is 5. The molecule has 0 atom stereocenters. The summed E-state index contributed by atoms with van der Waals surface area (Å²) in [6, 6.07) is 3.02. The summed E-state index contributed by atoms with van der Waals surface area (Å²) in [5.74, 6) is 0.0450. The van der Waals surface area contributed by atoms with Crippen LogP contribution in [0.5, 0.6) is 5.75 Å². The molecule has 1 amide bonds. The van der Waals surface area contributed by atoms with Gasteiger partial charge in [-0.1, -0.05) is 18.5 Å². The van der Waals surface area contributed by atoms with Gasteiger partial charge in [0.1, 0.15) is 5.75 Å². The van der Waals surface area contributed by atoms with Crippen LogP contribution >= 0.6 is 35.3 Å². The van der Waals surface area contributed by atoms with Crippen LogP contribution < -0.4 is 15.8 Å². The number of aromatic nitrogens is 1. The van der Waals surface area contributed by atoms with E-state index in [2.05, 4.69) is 10.3 Å². The van der Waals surface area contributed by atoms with Crippen molar-refractivity contribution in [2.75, 3.05) is 18.2 Å². The fraction of sp³-hybridized carbons (Fsp3) is 0.286. The third kappa shape index (κ3) is 3.82. The van der Waals surface area contributed by atoms with Crippen molar-refractivity contribution in [3.8, 4) is 5.75 Å². The van der Waals surface area contributed by atoms with Crippen LogP contribution in [0.3, 0.4) is 0 Å². The highest BCUT2D eigenvalue weighted by Crippen LogP contribution is 2.30. The molecule has 1 heterocycles. The smallest absolute Gasteiger partial charge is 0.261 e. The van der Waals surface area contributed by atoms with E-state index in [0.717, 1.165) is 17.0 Å². The van der Waals surface area contributed by atoms with Gasteiger partial charge in [-0.15, -0.1) is 23.7 Å². The average molecular weight is 362 g/mol. The molecule has 0 fully saturated rings. The molecule has 22 heavy (non-hydrogen) atoms. The molecule has 5 nitrogen and oxygen atoms in total. The molecule has 2 aromatic rings. The Morgan fingerprint density at radius 2 is 2.18 bits per heavy atom. The van der Waals surface area contributed by atoms with Gasteiger partial charge >= 0.3 is 0 Å². The second-order valence-electron chi connectivity index (χ2n) is 4.40. The molecular weight excluding hydrogens is 345 g/mol. The van der Waals surface area contributed by atoms with E-state index in [1.807, 2.05) is 13.8 Å². The number of amides is 1. The number of thiazole rings is 1. The number of anilines is 2. The number of rotatable bonds is 4. The molecule has 1 aromatic carbocycles. The maximum Gasteiger partial charge on any atom is 0.261 e. The lowest BCUT2D eigenvalue weighted by Gasteiger charge is -2.10. The van der Waals surface area contributed by atoms with Crippen molar-refractivity contribution in [3.63, 3.8) is 0 Å². The molecule has 8 heteroatoms. The lowest BCUT2D eigenvalue weighted by atomic mass is 10.1. The van der Waals surface area contributed by atoms with E-state index in [9.17, 15) is 4.79 Å². The van der Waals surface area contributed by atoms with Gasteiger partial charge in [-0.3, -0.25) is 10.1 Å². The Hall–Kier alpha value is -1.50. The third-order valence-electron chi connectivity index (χ3n) is 3.01. The predicted octanol–water partition coefficient (Wildman–Crippen LogP) is 3.93. The zero-order valence-corrected chi connectivity index (χ0v) is 14.8. The molecular formula is C14H17Cl2N3O2S. The molecule has 1 aromatic heterocycles. The van der Waals surface area contributed by atoms with Gasteiger partial charge in [-0.25, -0.2) is 4.98 Å². The van der Waals surface area contributed by atoms with Gasteiger partial charge < -0.3 is 10.5 Å². The molecule has 3 N–H and O–H groups in total. The van der Waals surface area contributed by atoms with Crippen LogP contribution in [-0.2, 0) is 6.42 Å². The lowest BCUT2D eigenvalue weighted by Crippen LogP contribution is -2.13. The minimum absolute atomic E-state index is 0. The number of carbonyl (C=O) groups excluding carboxylic acids is 1. The van der Waals surface area contributed by atoms with Crippen LogP contribution in [0.15, 0.2) is 12.1 Å². The van der Waals surface area contributed by atoms with Crippen molar-refractivity contribution >= 4 is 52.1 Å². The number of hydrogen-bond donors (Lipinski definition) is 2. The normalized spacial score (nSPS) is 10.0. The standard InChI is InChI=1S/C14H16ClN3O2S.ClH/c1-4-11-7(2)21-14(17-11)18-13(19)8-5-9(15)10(16)6-12(8)20-3;/h5-6H,4,16H2,1-3H3,(H,17,18,19);1H. The molecule has 0 unspecified atom stereocenters. The first-order valence-electron chi connectivity index (χ1n) is 6.36. The molecule has 0 bridgehead atoms. The highest BCUT2D eigenvalue weighted by molar-refractivity contribution is 7.15. The number of nitrogens with one attached hydrogen (secondary N) is 1. The van der Waals surface area contributed by atoms with Crippen molar-refractivity contribution < 1.29 is 9.53 Å². The largest absolute Gasteiger partial charge is 0.496 e. The molecule has 120 valence electrons. The van der Waals surface area contributed by atoms with Gasteiger partial charge in [-0.05, 0) is 19.4 Å². The number of nitrogen functional groups attached to an aromatic ring is 1. The topological polar surface area (TPSA) is 77.2 Å². The second kappa shape index (κ2) is 7.67. The first-order valence-corrected chi connectivity index (χ1v) is 7.56. The second-order valence-corrected chi connectivity index (χ2v) is 6.01. The van der Waals surface area contributed by atoms with E-state index in [1.165, 1.54) is 30.6 Å². The fourth-order valence-electron chi connectivity index (χ4n) is 1.89. The summed E-state index contributed by atoms with van der Waals surface area (Å²) in [6.45, 7) is 4.00. The Bertz CT molecular complexity index is 689. The van der Waals surface area contributed by atoms with E-state index in [0.29, 0.717) is 27.2 Å². The SMILES string of the molecule is CCc1nc(NC(=O)c2cc(Cl)c(N)cc2OC)sc1C.Cl. The van der Waals surface area contributed by atoms with E-state index < -0.39 is 0 Å². The molecule has 0 aliphatic rings. The minimum atomic E-state index is -0.329. The first kappa shape index (κ1) is 18.5. The summed E-state index contributed by atoms with van der Waals surface area (Å²) in [7, 11) is 1.47. The van der Waals surface area contributed by atoms with Crippen LogP contribution in [0.1, 0.15) is 27.9 Å². The van der Waals surface area contributed by atoms with E-state index in [1.54, 1.807) is 0 Å². The molecule has 0 radical (unpaired) electrons. The number of halogens is 2. The lowest BCUT2D eigenvalue weighted by molar-refractivity contribution is 0.102. The summed E-state index contributed by atoms with van der Waals surface area (Å²) >= 11 is 7.41. The number of carbonyl (C=O) groups is 1. The fourth-order valence-corrected chi connectivity index (χ4v) is 2.95. The molecule has 2 rings (SSSR count). The number of benzene rings is 1. The van der Waals surface area contributed by atoms with Gasteiger partial charge in [0.05, 0.1) is 29.1 Å². The van der Waals surface area contributed by atoms with Crippen LogP contribution in [0, 0.1) is 6.92 Å². The molecule has 0 saturated heterocycles. The Labute approximate surface area is 144 Å². The van der Waals surface area contributed by atoms with Crippen molar-refractivity contribution in [3.05, 3.63) is 33.3 Å². The van der Waals surface area contributed by atoms with Crippen molar-refractivity contribution in [2.45, 2.75) is 20.3 Å².